The Morgan fingerprint density at radius 3 is 2.52 bits per heavy atom. The molecule has 0 bridgehead atoms. The van der Waals surface area contributed by atoms with Crippen LogP contribution in [0.1, 0.15) is 28.9 Å². The minimum Gasteiger partial charge on any atom is -0.338 e. The molecule has 2 rings (SSSR count). The van der Waals surface area contributed by atoms with E-state index in [-0.39, 0.29) is 4.88 Å². The van der Waals surface area contributed by atoms with Crippen LogP contribution in [0.2, 0.25) is 0 Å². The van der Waals surface area contributed by atoms with Gasteiger partial charge in [-0.1, -0.05) is 16.2 Å². The fourth-order valence-electron chi connectivity index (χ4n) is 2.09. The first-order valence-corrected chi connectivity index (χ1v) is 8.40. The van der Waals surface area contributed by atoms with E-state index in [9.17, 15) is 23.3 Å². The van der Waals surface area contributed by atoms with E-state index in [2.05, 4.69) is 0 Å². The zero-order chi connectivity index (χ0) is 15.6. The maximum Gasteiger partial charge on any atom is 0.344 e. The van der Waals surface area contributed by atoms with Gasteiger partial charge in [-0.05, 0) is 25.3 Å². The summed E-state index contributed by atoms with van der Waals surface area (Å²) in [6, 6.07) is 0.929. The van der Waals surface area contributed by atoms with E-state index in [1.807, 2.05) is 0 Å². The number of nitrogens with zero attached hydrogens (tertiary/aromatic N) is 2. The Bertz CT molecular complexity index is 662. The van der Waals surface area contributed by atoms with Gasteiger partial charge >= 0.3 is 5.00 Å². The van der Waals surface area contributed by atoms with Crippen LogP contribution in [0.4, 0.5) is 5.00 Å². The molecule has 9 nitrogen and oxygen atoms in total. The van der Waals surface area contributed by atoms with Crippen molar-refractivity contribution in [3.63, 3.8) is 0 Å². The first-order chi connectivity index (χ1) is 9.86. The average Bonchev–Trinajstić information content (AvgIpc) is 2.93. The summed E-state index contributed by atoms with van der Waals surface area (Å²) in [6.45, 7) is 1.09. The second-order valence-corrected chi connectivity index (χ2v) is 7.14. The van der Waals surface area contributed by atoms with Crippen LogP contribution in [0.15, 0.2) is 11.0 Å². The van der Waals surface area contributed by atoms with Crippen molar-refractivity contribution in [3.8, 4) is 0 Å². The summed E-state index contributed by atoms with van der Waals surface area (Å²) in [5.41, 5.74) is 0. The molecule has 1 fully saturated rings. The van der Waals surface area contributed by atoms with Crippen LogP contribution in [0, 0.1) is 10.1 Å². The van der Waals surface area contributed by atoms with Gasteiger partial charge < -0.3 is 10.1 Å². The number of hydrogen-bond acceptors (Lipinski definition) is 7. The number of thiophene rings is 1. The van der Waals surface area contributed by atoms with Gasteiger partial charge in [0.1, 0.15) is 4.88 Å². The van der Waals surface area contributed by atoms with Crippen LogP contribution < -0.4 is 4.89 Å². The lowest BCUT2D eigenvalue weighted by atomic mass is 10.1. The molecule has 2 N–H and O–H groups in total. The smallest absolute Gasteiger partial charge is 0.338 e. The molecule has 1 aliphatic heterocycles. The fraction of sp³-hybridized carbons (Fsp3) is 0.500. The standard InChI is InChI=1S/C10H13N3O6S2/c14-9(12-4-2-1-3-5-12)7-6-8(21(18,19)11-15)10(20-7)13(16)17/h6,11,15H,1-5H2. The number of piperidine rings is 1. The van der Waals surface area contributed by atoms with Gasteiger partial charge in [-0.25, -0.2) is 8.42 Å². The van der Waals surface area contributed by atoms with Gasteiger partial charge in [-0.3, -0.25) is 14.9 Å². The van der Waals surface area contributed by atoms with Crippen molar-refractivity contribution in [2.75, 3.05) is 13.1 Å². The Kier molecular flexibility index (Phi) is 4.56. The maximum absolute atomic E-state index is 12.2. The molecule has 116 valence electrons. The third kappa shape index (κ3) is 3.20. The highest BCUT2D eigenvalue weighted by molar-refractivity contribution is 7.89. The number of carbonyl (C=O) groups excluding carboxylic acids is 1. The van der Waals surface area contributed by atoms with Gasteiger partial charge in [-0.2, -0.15) is 0 Å². The normalized spacial score (nSPS) is 16.0. The highest BCUT2D eigenvalue weighted by Gasteiger charge is 2.32. The van der Waals surface area contributed by atoms with E-state index < -0.39 is 30.8 Å². The van der Waals surface area contributed by atoms with E-state index in [1.54, 1.807) is 4.90 Å². The largest absolute Gasteiger partial charge is 0.344 e. The number of likely N-dealkylation sites (tertiary alicyclic amines) is 1. The van der Waals surface area contributed by atoms with Crippen LogP contribution in [-0.4, -0.2) is 42.4 Å². The number of carbonyl (C=O) groups is 1. The van der Waals surface area contributed by atoms with Crippen LogP contribution in [0.3, 0.4) is 0 Å². The highest BCUT2D eigenvalue weighted by atomic mass is 32.2. The molecule has 1 saturated heterocycles. The summed E-state index contributed by atoms with van der Waals surface area (Å²) >= 11 is 0.491. The Labute approximate surface area is 124 Å². The molecule has 0 aliphatic carbocycles. The minimum atomic E-state index is -4.41. The van der Waals surface area contributed by atoms with E-state index in [1.165, 1.54) is 0 Å². The molecule has 0 atom stereocenters. The summed E-state index contributed by atoms with van der Waals surface area (Å²) in [5, 5.41) is 18.8. The first kappa shape index (κ1) is 15.8. The van der Waals surface area contributed by atoms with Crippen LogP contribution in [0.5, 0.6) is 0 Å². The number of nitrogens with one attached hydrogen (secondary N) is 1. The third-order valence-corrected chi connectivity index (χ3v) is 5.44. The summed E-state index contributed by atoms with van der Waals surface area (Å²) in [6.07, 6.45) is 2.72. The molecular formula is C10H13N3O6S2. The summed E-state index contributed by atoms with van der Waals surface area (Å²) in [5.74, 6) is -0.429. The molecule has 2 heterocycles. The molecule has 0 saturated carbocycles. The Balaban J connectivity index is 2.40. The predicted octanol–water partition coefficient (Wildman–Crippen LogP) is 0.950. The van der Waals surface area contributed by atoms with E-state index in [4.69, 9.17) is 5.21 Å². The topological polar surface area (TPSA) is 130 Å². The molecule has 0 unspecified atom stereocenters. The molecular weight excluding hydrogens is 322 g/mol. The predicted molar refractivity (Wildman–Crippen MR) is 72.8 cm³/mol. The number of nitro groups is 1. The van der Waals surface area contributed by atoms with E-state index in [0.29, 0.717) is 24.4 Å². The van der Waals surface area contributed by atoms with Crippen molar-refractivity contribution in [1.29, 1.82) is 0 Å². The second kappa shape index (κ2) is 6.05. The van der Waals surface area contributed by atoms with E-state index >= 15 is 0 Å². The molecule has 0 radical (unpaired) electrons. The molecule has 1 aromatic heterocycles. The third-order valence-electron chi connectivity index (χ3n) is 3.11. The molecule has 21 heavy (non-hydrogen) atoms. The maximum atomic E-state index is 12.2. The zero-order valence-electron chi connectivity index (χ0n) is 10.8. The van der Waals surface area contributed by atoms with Gasteiger partial charge in [0.25, 0.3) is 15.9 Å². The Hall–Kier alpha value is -1.56. The SMILES string of the molecule is O=C(c1cc(S(=O)(=O)NO)c([N+](=O)[O-])s1)N1CCCCC1. The molecule has 0 aromatic carbocycles. The Morgan fingerprint density at radius 1 is 1.38 bits per heavy atom. The lowest BCUT2D eigenvalue weighted by molar-refractivity contribution is -0.383. The van der Waals surface area contributed by atoms with Gasteiger partial charge in [0, 0.05) is 13.1 Å². The molecule has 1 amide bonds. The highest BCUT2D eigenvalue weighted by Crippen LogP contribution is 2.34. The van der Waals surface area contributed by atoms with Crippen molar-refractivity contribution in [1.82, 2.24) is 9.79 Å². The average molecular weight is 335 g/mol. The quantitative estimate of drug-likeness (QED) is 0.622. The number of hydrogen-bond donors (Lipinski definition) is 2. The lowest BCUT2D eigenvalue weighted by Crippen LogP contribution is -2.35. The van der Waals surface area contributed by atoms with Gasteiger partial charge in [0.2, 0.25) is 0 Å². The van der Waals surface area contributed by atoms with Crippen molar-refractivity contribution < 1.29 is 23.3 Å². The number of amides is 1. The lowest BCUT2D eigenvalue weighted by Gasteiger charge is -2.25. The second-order valence-electron chi connectivity index (χ2n) is 4.48. The minimum absolute atomic E-state index is 0.0302. The Morgan fingerprint density at radius 2 is 2.00 bits per heavy atom. The molecule has 1 aliphatic rings. The number of sulfonamides is 1. The van der Waals surface area contributed by atoms with Crippen molar-refractivity contribution in [3.05, 3.63) is 21.1 Å². The van der Waals surface area contributed by atoms with Crippen molar-refractivity contribution >= 4 is 32.3 Å². The molecule has 1 aromatic rings. The summed E-state index contributed by atoms with van der Waals surface area (Å²) in [4.78, 5) is 24.1. The van der Waals surface area contributed by atoms with Crippen LogP contribution in [0.25, 0.3) is 0 Å². The monoisotopic (exact) mass is 335 g/mol. The zero-order valence-corrected chi connectivity index (χ0v) is 12.4. The van der Waals surface area contributed by atoms with E-state index in [0.717, 1.165) is 30.2 Å². The van der Waals surface area contributed by atoms with Crippen molar-refractivity contribution in [2.24, 2.45) is 0 Å². The summed E-state index contributed by atoms with van der Waals surface area (Å²) < 4.78 is 23.1. The first-order valence-electron chi connectivity index (χ1n) is 6.10. The van der Waals surface area contributed by atoms with Gasteiger partial charge in [0.05, 0.1) is 4.92 Å². The number of rotatable bonds is 4. The van der Waals surface area contributed by atoms with Crippen LogP contribution >= 0.6 is 11.3 Å². The van der Waals surface area contributed by atoms with Gasteiger partial charge in [-0.15, -0.1) is 0 Å². The van der Waals surface area contributed by atoms with Crippen LogP contribution in [-0.2, 0) is 10.0 Å². The van der Waals surface area contributed by atoms with Gasteiger partial charge in [0.15, 0.2) is 4.90 Å². The molecule has 0 spiro atoms. The molecule has 11 heteroatoms. The fourth-order valence-corrected chi connectivity index (χ4v) is 4.13. The summed E-state index contributed by atoms with van der Waals surface area (Å²) in [7, 11) is -4.41. The van der Waals surface area contributed by atoms with Crippen molar-refractivity contribution in [2.45, 2.75) is 24.2 Å².